The predicted molar refractivity (Wildman–Crippen MR) is 85.3 cm³/mol. The summed E-state index contributed by atoms with van der Waals surface area (Å²) in [4.78, 5) is 12.7. The fourth-order valence-corrected chi connectivity index (χ4v) is 3.42. The van der Waals surface area contributed by atoms with Crippen molar-refractivity contribution in [2.75, 3.05) is 0 Å². The Balaban J connectivity index is 2.04. The lowest BCUT2D eigenvalue weighted by atomic mass is 10.2. The van der Waals surface area contributed by atoms with Crippen LogP contribution in [0.4, 0.5) is 0 Å². The summed E-state index contributed by atoms with van der Waals surface area (Å²) in [6.45, 7) is 2.01. The Kier molecular flexibility index (Phi) is 2.62. The maximum atomic E-state index is 12.7. The number of nitrogens with zero attached hydrogens (tertiary/aromatic N) is 3. The van der Waals surface area contributed by atoms with Crippen LogP contribution in [-0.2, 0) is 0 Å². The second-order valence-electron chi connectivity index (χ2n) is 4.92. The molecule has 0 aliphatic carbocycles. The number of aromatic nitrogens is 3. The molecule has 2 aromatic heterocycles. The van der Waals surface area contributed by atoms with Gasteiger partial charge in [0.15, 0.2) is 0 Å². The monoisotopic (exact) mass is 293 g/mol. The molecule has 4 rings (SSSR count). The highest BCUT2D eigenvalue weighted by atomic mass is 32.1. The van der Waals surface area contributed by atoms with Crippen molar-refractivity contribution in [2.45, 2.75) is 6.92 Å². The second-order valence-corrected chi connectivity index (χ2v) is 5.97. The van der Waals surface area contributed by atoms with Crippen LogP contribution < -0.4 is 5.56 Å². The van der Waals surface area contributed by atoms with Crippen molar-refractivity contribution in [3.63, 3.8) is 0 Å². The van der Waals surface area contributed by atoms with Crippen LogP contribution >= 0.6 is 11.3 Å². The van der Waals surface area contributed by atoms with E-state index in [9.17, 15) is 4.79 Å². The molecule has 0 fully saturated rings. The molecule has 0 spiro atoms. The molecule has 21 heavy (non-hydrogen) atoms. The molecule has 0 bridgehead atoms. The molecular formula is C16H11N3OS. The molecule has 0 N–H and O–H groups in total. The second kappa shape index (κ2) is 4.49. The Labute approximate surface area is 124 Å². The van der Waals surface area contributed by atoms with Gasteiger partial charge in [0, 0.05) is 10.1 Å². The Morgan fingerprint density at radius 1 is 1.05 bits per heavy atom. The number of hydrogen-bond donors (Lipinski definition) is 0. The quantitative estimate of drug-likeness (QED) is 0.541. The van der Waals surface area contributed by atoms with Gasteiger partial charge in [-0.25, -0.2) is 0 Å². The Hall–Kier alpha value is -2.53. The van der Waals surface area contributed by atoms with Gasteiger partial charge in [0.1, 0.15) is 10.2 Å². The van der Waals surface area contributed by atoms with Gasteiger partial charge >= 0.3 is 0 Å². The van der Waals surface area contributed by atoms with E-state index in [2.05, 4.69) is 10.3 Å². The summed E-state index contributed by atoms with van der Waals surface area (Å²) in [7, 11) is 0. The third kappa shape index (κ3) is 1.86. The first-order valence-corrected chi connectivity index (χ1v) is 7.40. The average Bonchev–Trinajstić information content (AvgIpc) is 2.89. The van der Waals surface area contributed by atoms with E-state index in [-0.39, 0.29) is 5.56 Å². The van der Waals surface area contributed by atoms with Crippen LogP contribution in [0.3, 0.4) is 0 Å². The minimum atomic E-state index is -0.120. The summed E-state index contributed by atoms with van der Waals surface area (Å²) >= 11 is 1.46. The molecule has 0 radical (unpaired) electrons. The molecule has 2 heterocycles. The van der Waals surface area contributed by atoms with Gasteiger partial charge in [0.2, 0.25) is 0 Å². The fraction of sp³-hybridized carbons (Fsp3) is 0.0625. The van der Waals surface area contributed by atoms with Gasteiger partial charge in [0.05, 0.1) is 5.69 Å². The SMILES string of the molecule is Cc1ccc(-n2nnc3c(sc4ccccc43)c2=O)cc1. The van der Waals surface area contributed by atoms with E-state index in [0.717, 1.165) is 21.3 Å². The molecule has 5 heteroatoms. The zero-order valence-corrected chi connectivity index (χ0v) is 12.1. The molecular weight excluding hydrogens is 282 g/mol. The molecule has 0 atom stereocenters. The van der Waals surface area contributed by atoms with Crippen LogP contribution in [-0.4, -0.2) is 15.0 Å². The third-order valence-electron chi connectivity index (χ3n) is 3.47. The molecule has 4 aromatic rings. The lowest BCUT2D eigenvalue weighted by molar-refractivity contribution is 0.740. The Bertz CT molecular complexity index is 1020. The van der Waals surface area contributed by atoms with Crippen LogP contribution in [0.2, 0.25) is 0 Å². The van der Waals surface area contributed by atoms with Crippen LogP contribution in [0, 0.1) is 6.92 Å². The van der Waals surface area contributed by atoms with E-state index in [4.69, 9.17) is 0 Å². The van der Waals surface area contributed by atoms with E-state index in [1.165, 1.54) is 16.0 Å². The highest BCUT2D eigenvalue weighted by Gasteiger charge is 2.13. The fourth-order valence-electron chi connectivity index (χ4n) is 2.36. The van der Waals surface area contributed by atoms with Gasteiger partial charge in [-0.1, -0.05) is 41.1 Å². The van der Waals surface area contributed by atoms with Crippen LogP contribution in [0.5, 0.6) is 0 Å². The first-order valence-electron chi connectivity index (χ1n) is 6.58. The predicted octanol–water partition coefficient (Wildman–Crippen LogP) is 3.30. The first kappa shape index (κ1) is 12.2. The summed E-state index contributed by atoms with van der Waals surface area (Å²) in [5.41, 5.74) is 2.44. The van der Waals surface area contributed by atoms with Crippen molar-refractivity contribution >= 4 is 31.6 Å². The van der Waals surface area contributed by atoms with Gasteiger partial charge in [-0.15, -0.1) is 16.4 Å². The lowest BCUT2D eigenvalue weighted by Gasteiger charge is -2.03. The van der Waals surface area contributed by atoms with Crippen molar-refractivity contribution < 1.29 is 0 Å². The first-order chi connectivity index (χ1) is 10.2. The zero-order valence-electron chi connectivity index (χ0n) is 11.3. The van der Waals surface area contributed by atoms with Crippen LogP contribution in [0.25, 0.3) is 26.0 Å². The molecule has 0 saturated heterocycles. The molecule has 0 unspecified atom stereocenters. The minimum Gasteiger partial charge on any atom is -0.266 e. The highest BCUT2D eigenvalue weighted by molar-refractivity contribution is 7.25. The lowest BCUT2D eigenvalue weighted by Crippen LogP contribution is -2.21. The summed E-state index contributed by atoms with van der Waals surface area (Å²) < 4.78 is 3.06. The standard InChI is InChI=1S/C16H11N3OS/c1-10-6-8-11(9-7-10)19-16(20)15-14(17-18-19)12-4-2-3-5-13(12)21-15/h2-9H,1H3. The van der Waals surface area contributed by atoms with E-state index in [1.807, 2.05) is 55.5 Å². The largest absolute Gasteiger partial charge is 0.292 e. The molecule has 0 saturated carbocycles. The highest BCUT2D eigenvalue weighted by Crippen LogP contribution is 2.29. The Morgan fingerprint density at radius 2 is 1.81 bits per heavy atom. The third-order valence-corrected chi connectivity index (χ3v) is 4.62. The smallest absolute Gasteiger partial charge is 0.266 e. The van der Waals surface area contributed by atoms with E-state index in [0.29, 0.717) is 10.2 Å². The van der Waals surface area contributed by atoms with Gasteiger partial charge in [-0.05, 0) is 25.1 Å². The van der Waals surface area contributed by atoms with Crippen LogP contribution in [0.1, 0.15) is 5.56 Å². The number of thiophene rings is 1. The number of benzene rings is 2. The molecule has 102 valence electrons. The topological polar surface area (TPSA) is 47.8 Å². The summed E-state index contributed by atoms with van der Waals surface area (Å²) in [6, 6.07) is 15.5. The maximum Gasteiger partial charge on any atom is 0.292 e. The van der Waals surface area contributed by atoms with Crippen LogP contribution in [0.15, 0.2) is 53.3 Å². The van der Waals surface area contributed by atoms with Crippen molar-refractivity contribution in [3.05, 3.63) is 64.4 Å². The molecule has 0 aliphatic rings. The zero-order chi connectivity index (χ0) is 14.4. The molecule has 4 nitrogen and oxygen atoms in total. The Morgan fingerprint density at radius 3 is 2.62 bits per heavy atom. The summed E-state index contributed by atoms with van der Waals surface area (Å²) in [6.07, 6.45) is 0. The molecule has 0 amide bonds. The summed E-state index contributed by atoms with van der Waals surface area (Å²) in [5.74, 6) is 0. The van der Waals surface area contributed by atoms with Crippen molar-refractivity contribution in [1.29, 1.82) is 0 Å². The minimum absolute atomic E-state index is 0.120. The van der Waals surface area contributed by atoms with Gasteiger partial charge in [-0.3, -0.25) is 4.79 Å². The molecule has 0 aliphatic heterocycles. The molecule has 2 aromatic carbocycles. The number of hydrogen-bond acceptors (Lipinski definition) is 4. The van der Waals surface area contributed by atoms with E-state index in [1.54, 1.807) is 0 Å². The summed E-state index contributed by atoms with van der Waals surface area (Å²) in [5, 5.41) is 9.33. The van der Waals surface area contributed by atoms with Crippen molar-refractivity contribution in [2.24, 2.45) is 0 Å². The number of rotatable bonds is 1. The van der Waals surface area contributed by atoms with E-state index >= 15 is 0 Å². The van der Waals surface area contributed by atoms with Gasteiger partial charge < -0.3 is 0 Å². The number of fused-ring (bicyclic) bond motifs is 3. The van der Waals surface area contributed by atoms with Crippen molar-refractivity contribution in [3.8, 4) is 5.69 Å². The van der Waals surface area contributed by atoms with Gasteiger partial charge in [-0.2, -0.15) is 4.68 Å². The normalized spacial score (nSPS) is 11.3. The number of aryl methyl sites for hydroxylation is 1. The average molecular weight is 293 g/mol. The maximum absolute atomic E-state index is 12.7. The van der Waals surface area contributed by atoms with Gasteiger partial charge in [0.25, 0.3) is 5.56 Å². The van der Waals surface area contributed by atoms with Crippen molar-refractivity contribution in [1.82, 2.24) is 15.0 Å². The van der Waals surface area contributed by atoms with E-state index < -0.39 is 0 Å².